The number of hydrogen-bond donors (Lipinski definition) is 2. The van der Waals surface area contributed by atoms with Crippen molar-refractivity contribution in [1.29, 1.82) is 0 Å². The number of amides is 3. The summed E-state index contributed by atoms with van der Waals surface area (Å²) in [5.41, 5.74) is 1.11. The average Bonchev–Trinajstić information content (AvgIpc) is 2.80. The van der Waals surface area contributed by atoms with Crippen LogP contribution in [0.3, 0.4) is 0 Å². The average molecular weight is 318 g/mol. The number of urea groups is 1. The summed E-state index contributed by atoms with van der Waals surface area (Å²) in [5, 5.41) is 5.72. The maximum absolute atomic E-state index is 12.1. The van der Waals surface area contributed by atoms with E-state index in [-0.39, 0.29) is 23.9 Å². The second kappa shape index (κ2) is 7.97. The highest BCUT2D eigenvalue weighted by atomic mass is 16.2. The second-order valence-electron chi connectivity index (χ2n) is 6.26. The fraction of sp³-hybridized carbons (Fsp3) is 0.529. The Bertz CT molecular complexity index is 533. The molecule has 3 amide bonds. The molecule has 0 unspecified atom stereocenters. The first-order chi connectivity index (χ1) is 11.0. The van der Waals surface area contributed by atoms with Gasteiger partial charge in [0.2, 0.25) is 5.91 Å². The molecule has 0 radical (unpaired) electrons. The highest BCUT2D eigenvalue weighted by molar-refractivity contribution is 5.80. The lowest BCUT2D eigenvalue weighted by Gasteiger charge is -2.25. The number of nitrogens with zero attached hydrogens (tertiary/aromatic N) is 2. The minimum absolute atomic E-state index is 0.0192. The van der Waals surface area contributed by atoms with Crippen LogP contribution >= 0.6 is 0 Å². The molecule has 1 aliphatic heterocycles. The normalized spacial score (nSPS) is 20.9. The number of carbonyl (C=O) groups is 2. The molecule has 6 nitrogen and oxygen atoms in total. The zero-order chi connectivity index (χ0) is 16.8. The molecule has 0 aromatic heterocycles. The maximum atomic E-state index is 12.1. The van der Waals surface area contributed by atoms with Gasteiger partial charge in [-0.05, 0) is 19.7 Å². The number of likely N-dealkylation sites (N-methyl/N-ethyl adjacent to an activating group) is 1. The summed E-state index contributed by atoms with van der Waals surface area (Å²) in [5.74, 6) is 0.216. The summed E-state index contributed by atoms with van der Waals surface area (Å²) < 4.78 is 0. The molecule has 23 heavy (non-hydrogen) atoms. The van der Waals surface area contributed by atoms with Crippen LogP contribution in [-0.2, 0) is 4.79 Å². The van der Waals surface area contributed by atoms with Gasteiger partial charge in [-0.2, -0.15) is 0 Å². The highest BCUT2D eigenvalue weighted by Gasteiger charge is 2.38. The van der Waals surface area contributed by atoms with Gasteiger partial charge in [-0.3, -0.25) is 4.79 Å². The molecule has 1 aliphatic rings. The predicted octanol–water partition coefficient (Wildman–Crippen LogP) is 1.07. The number of carbonyl (C=O) groups excluding carboxylic acids is 2. The molecule has 1 aromatic carbocycles. The zero-order valence-corrected chi connectivity index (χ0v) is 14.1. The Morgan fingerprint density at radius 3 is 2.61 bits per heavy atom. The lowest BCUT2D eigenvalue weighted by atomic mass is 9.94. The Labute approximate surface area is 137 Å². The molecule has 0 saturated carbocycles. The van der Waals surface area contributed by atoms with Gasteiger partial charge < -0.3 is 20.4 Å². The minimum atomic E-state index is -0.180. The van der Waals surface area contributed by atoms with Gasteiger partial charge in [-0.25, -0.2) is 4.79 Å². The molecule has 0 bridgehead atoms. The van der Waals surface area contributed by atoms with Crippen LogP contribution in [0.2, 0.25) is 0 Å². The number of hydrogen-bond acceptors (Lipinski definition) is 3. The highest BCUT2D eigenvalue weighted by Crippen LogP contribution is 2.36. The summed E-state index contributed by atoms with van der Waals surface area (Å²) in [4.78, 5) is 27.7. The van der Waals surface area contributed by atoms with E-state index < -0.39 is 0 Å². The van der Waals surface area contributed by atoms with Crippen LogP contribution in [0.1, 0.15) is 18.0 Å². The summed E-state index contributed by atoms with van der Waals surface area (Å²) >= 11 is 0. The van der Waals surface area contributed by atoms with Crippen LogP contribution in [0.15, 0.2) is 30.3 Å². The van der Waals surface area contributed by atoms with Crippen LogP contribution in [0.25, 0.3) is 0 Å². The van der Waals surface area contributed by atoms with Crippen molar-refractivity contribution < 1.29 is 9.59 Å². The molecular formula is C17H26N4O2. The van der Waals surface area contributed by atoms with Crippen molar-refractivity contribution in [2.45, 2.75) is 12.5 Å². The van der Waals surface area contributed by atoms with Crippen molar-refractivity contribution in [1.82, 2.24) is 20.4 Å². The zero-order valence-electron chi connectivity index (χ0n) is 14.1. The van der Waals surface area contributed by atoms with Gasteiger partial charge in [0.15, 0.2) is 0 Å². The summed E-state index contributed by atoms with van der Waals surface area (Å²) in [6.07, 6.45) is 0.466. The third-order valence-electron chi connectivity index (χ3n) is 4.20. The Balaban J connectivity index is 1.90. The van der Waals surface area contributed by atoms with Crippen LogP contribution in [0.5, 0.6) is 0 Å². The van der Waals surface area contributed by atoms with Crippen LogP contribution in [0, 0.1) is 5.92 Å². The van der Waals surface area contributed by atoms with E-state index in [4.69, 9.17) is 0 Å². The molecule has 2 N–H and O–H groups in total. The Morgan fingerprint density at radius 1 is 1.26 bits per heavy atom. The van der Waals surface area contributed by atoms with Crippen LogP contribution < -0.4 is 10.6 Å². The van der Waals surface area contributed by atoms with E-state index in [0.717, 1.165) is 12.1 Å². The van der Waals surface area contributed by atoms with Gasteiger partial charge in [0, 0.05) is 39.0 Å². The van der Waals surface area contributed by atoms with E-state index in [0.29, 0.717) is 19.5 Å². The Hall–Kier alpha value is -2.08. The fourth-order valence-electron chi connectivity index (χ4n) is 2.96. The first kappa shape index (κ1) is 17.3. The summed E-state index contributed by atoms with van der Waals surface area (Å²) in [7, 11) is 5.76. The lowest BCUT2D eigenvalue weighted by molar-refractivity contribution is -0.127. The minimum Gasteiger partial charge on any atom is -0.338 e. The van der Waals surface area contributed by atoms with E-state index in [2.05, 4.69) is 10.6 Å². The fourth-order valence-corrected chi connectivity index (χ4v) is 2.96. The molecule has 2 rings (SSSR count). The van der Waals surface area contributed by atoms with Gasteiger partial charge in [0.1, 0.15) is 0 Å². The van der Waals surface area contributed by atoms with Crippen molar-refractivity contribution in [2.24, 2.45) is 5.92 Å². The molecule has 6 heteroatoms. The van der Waals surface area contributed by atoms with Crippen molar-refractivity contribution >= 4 is 11.9 Å². The molecule has 1 aromatic rings. The number of likely N-dealkylation sites (tertiary alicyclic amines) is 1. The second-order valence-corrected chi connectivity index (χ2v) is 6.26. The molecule has 0 spiro atoms. The first-order valence-electron chi connectivity index (χ1n) is 7.96. The molecule has 1 fully saturated rings. The van der Waals surface area contributed by atoms with Crippen molar-refractivity contribution in [3.05, 3.63) is 35.9 Å². The quantitative estimate of drug-likeness (QED) is 0.824. The molecule has 2 atom stereocenters. The van der Waals surface area contributed by atoms with Crippen molar-refractivity contribution in [2.75, 3.05) is 40.8 Å². The largest absolute Gasteiger partial charge is 0.338 e. The predicted molar refractivity (Wildman–Crippen MR) is 90.0 cm³/mol. The Morgan fingerprint density at radius 2 is 1.96 bits per heavy atom. The molecular weight excluding hydrogens is 292 g/mol. The first-order valence-corrected chi connectivity index (χ1v) is 7.96. The maximum Gasteiger partial charge on any atom is 0.314 e. The molecule has 1 heterocycles. The SMILES string of the molecule is CN(C)CCNC(=O)NC[C@@H]1CC(=O)N(C)[C@@H]1c1ccccc1. The van der Waals surface area contributed by atoms with Crippen LogP contribution in [-0.4, -0.2) is 62.5 Å². The third kappa shape index (κ3) is 4.69. The smallest absolute Gasteiger partial charge is 0.314 e. The molecule has 0 aliphatic carbocycles. The van der Waals surface area contributed by atoms with Gasteiger partial charge in [0.05, 0.1) is 6.04 Å². The monoisotopic (exact) mass is 318 g/mol. The van der Waals surface area contributed by atoms with E-state index in [1.54, 1.807) is 4.90 Å². The van der Waals surface area contributed by atoms with Crippen molar-refractivity contribution in [3.63, 3.8) is 0 Å². The van der Waals surface area contributed by atoms with Gasteiger partial charge in [0.25, 0.3) is 0 Å². The van der Waals surface area contributed by atoms with Gasteiger partial charge in [-0.1, -0.05) is 30.3 Å². The van der Waals surface area contributed by atoms with Gasteiger partial charge >= 0.3 is 6.03 Å². The van der Waals surface area contributed by atoms with E-state index in [1.165, 1.54) is 0 Å². The Kier molecular flexibility index (Phi) is 5.98. The number of nitrogens with one attached hydrogen (secondary N) is 2. The van der Waals surface area contributed by atoms with Gasteiger partial charge in [-0.15, -0.1) is 0 Å². The van der Waals surface area contributed by atoms with E-state index in [9.17, 15) is 9.59 Å². The molecule has 126 valence electrons. The number of rotatable bonds is 6. The third-order valence-corrected chi connectivity index (χ3v) is 4.20. The van der Waals surface area contributed by atoms with E-state index >= 15 is 0 Å². The van der Waals surface area contributed by atoms with E-state index in [1.807, 2.05) is 56.4 Å². The van der Waals surface area contributed by atoms with Crippen LogP contribution in [0.4, 0.5) is 4.79 Å². The lowest BCUT2D eigenvalue weighted by Crippen LogP contribution is -2.41. The topological polar surface area (TPSA) is 64.7 Å². The summed E-state index contributed by atoms with van der Waals surface area (Å²) in [6.45, 7) is 1.89. The van der Waals surface area contributed by atoms with Crippen molar-refractivity contribution in [3.8, 4) is 0 Å². The number of benzene rings is 1. The molecule has 1 saturated heterocycles. The standard InChI is InChI=1S/C17H26N4O2/c1-20(2)10-9-18-17(23)19-12-14-11-15(22)21(3)16(14)13-7-5-4-6-8-13/h4-8,14,16H,9-12H2,1-3H3,(H2,18,19,23)/t14-,16+/m0/s1. The summed E-state index contributed by atoms with van der Waals surface area (Å²) in [6, 6.07) is 9.82.